The fourth-order valence-corrected chi connectivity index (χ4v) is 5.24. The fraction of sp³-hybridized carbons (Fsp3) is 0.714. The molecular weight excluding hydrogens is 463 g/mol. The summed E-state index contributed by atoms with van der Waals surface area (Å²) in [7, 11) is 5.93. The molecule has 0 aromatic carbocycles. The number of hydrogen-bond acceptors (Lipinski definition) is 4. The van der Waals surface area contributed by atoms with Crippen LogP contribution in [0.2, 0.25) is 0 Å². The number of pyridine rings is 1. The highest BCUT2D eigenvalue weighted by molar-refractivity contribution is 14.0. The van der Waals surface area contributed by atoms with Crippen LogP contribution in [0.25, 0.3) is 0 Å². The number of fused-ring (bicyclic) bond motifs is 2. The van der Waals surface area contributed by atoms with Crippen LogP contribution in [0.1, 0.15) is 31.4 Å². The molecule has 28 heavy (non-hydrogen) atoms. The van der Waals surface area contributed by atoms with Crippen molar-refractivity contribution in [3.8, 4) is 0 Å². The SMILES string of the molecule is CN=C(NCc1cccc(N(C)C)n1)N1CCN(C2CC3CCC2C3)CC1.I. The summed E-state index contributed by atoms with van der Waals surface area (Å²) in [6.07, 6.45) is 5.90. The standard InChI is InChI=1S/C21H34N6.HI/c1-22-21(23-15-18-5-4-6-20(24-18)25(2)3)27-11-9-26(10-12-27)19-14-16-7-8-17(19)13-16;/h4-6,16-17,19H,7-15H2,1-3H3,(H,22,23);1H. The van der Waals surface area contributed by atoms with Gasteiger partial charge in [-0.05, 0) is 43.2 Å². The first-order valence-electron chi connectivity index (χ1n) is 10.5. The minimum absolute atomic E-state index is 0. The average Bonchev–Trinajstić information content (AvgIpc) is 3.33. The van der Waals surface area contributed by atoms with Crippen LogP contribution in [-0.2, 0) is 6.54 Å². The molecule has 1 N–H and O–H groups in total. The molecule has 0 radical (unpaired) electrons. The molecule has 3 aliphatic rings. The van der Waals surface area contributed by atoms with E-state index in [1.54, 1.807) is 0 Å². The maximum Gasteiger partial charge on any atom is 0.194 e. The zero-order valence-electron chi connectivity index (χ0n) is 17.5. The van der Waals surface area contributed by atoms with Gasteiger partial charge in [-0.2, -0.15) is 0 Å². The molecule has 4 rings (SSSR count). The van der Waals surface area contributed by atoms with E-state index in [2.05, 4.69) is 32.2 Å². The molecule has 156 valence electrons. The van der Waals surface area contributed by atoms with Crippen molar-refractivity contribution in [3.05, 3.63) is 23.9 Å². The van der Waals surface area contributed by atoms with Crippen molar-refractivity contribution < 1.29 is 0 Å². The predicted molar refractivity (Wildman–Crippen MR) is 127 cm³/mol. The van der Waals surface area contributed by atoms with E-state index < -0.39 is 0 Å². The van der Waals surface area contributed by atoms with E-state index in [4.69, 9.17) is 4.98 Å². The van der Waals surface area contributed by atoms with Gasteiger partial charge in [0.1, 0.15) is 5.82 Å². The molecule has 2 aliphatic carbocycles. The van der Waals surface area contributed by atoms with Gasteiger partial charge in [-0.1, -0.05) is 12.5 Å². The van der Waals surface area contributed by atoms with Gasteiger partial charge in [0, 0.05) is 53.4 Å². The topological polar surface area (TPSA) is 47.0 Å². The smallest absolute Gasteiger partial charge is 0.194 e. The van der Waals surface area contributed by atoms with Crippen LogP contribution in [0, 0.1) is 11.8 Å². The third kappa shape index (κ3) is 4.72. The van der Waals surface area contributed by atoms with Gasteiger partial charge in [-0.15, -0.1) is 24.0 Å². The largest absolute Gasteiger partial charge is 0.363 e. The highest BCUT2D eigenvalue weighted by Gasteiger charge is 2.42. The normalized spacial score (nSPS) is 27.6. The molecule has 3 fully saturated rings. The summed E-state index contributed by atoms with van der Waals surface area (Å²) in [6.45, 7) is 5.18. The number of aromatic nitrogens is 1. The maximum atomic E-state index is 4.69. The van der Waals surface area contributed by atoms with Crippen molar-refractivity contribution in [2.75, 3.05) is 52.2 Å². The average molecular weight is 498 g/mol. The molecule has 2 bridgehead atoms. The first-order chi connectivity index (χ1) is 13.1. The highest BCUT2D eigenvalue weighted by atomic mass is 127. The molecule has 1 aromatic rings. The van der Waals surface area contributed by atoms with E-state index in [-0.39, 0.29) is 24.0 Å². The summed E-state index contributed by atoms with van der Waals surface area (Å²) < 4.78 is 0. The second-order valence-corrected chi connectivity index (χ2v) is 8.55. The Balaban J connectivity index is 0.00000225. The zero-order valence-corrected chi connectivity index (χ0v) is 19.8. The first-order valence-corrected chi connectivity index (χ1v) is 10.5. The first kappa shape index (κ1) is 21.6. The van der Waals surface area contributed by atoms with Crippen molar-refractivity contribution in [3.63, 3.8) is 0 Å². The van der Waals surface area contributed by atoms with E-state index in [1.807, 2.05) is 32.1 Å². The molecule has 2 saturated carbocycles. The predicted octanol–water partition coefficient (Wildman–Crippen LogP) is 2.65. The van der Waals surface area contributed by atoms with E-state index in [1.165, 1.54) is 38.8 Å². The highest BCUT2D eigenvalue weighted by Crippen LogP contribution is 2.46. The van der Waals surface area contributed by atoms with Crippen molar-refractivity contribution in [2.24, 2.45) is 16.8 Å². The van der Waals surface area contributed by atoms with Crippen LogP contribution in [0.15, 0.2) is 23.2 Å². The summed E-state index contributed by atoms with van der Waals surface area (Å²) in [5, 5.41) is 3.51. The minimum Gasteiger partial charge on any atom is -0.363 e. The molecule has 1 aromatic heterocycles. The Morgan fingerprint density at radius 1 is 1.18 bits per heavy atom. The number of anilines is 1. The molecule has 3 unspecified atom stereocenters. The Morgan fingerprint density at radius 2 is 1.96 bits per heavy atom. The van der Waals surface area contributed by atoms with E-state index in [9.17, 15) is 0 Å². The summed E-state index contributed by atoms with van der Waals surface area (Å²) in [4.78, 5) is 16.4. The number of rotatable bonds is 4. The van der Waals surface area contributed by atoms with Gasteiger partial charge in [0.25, 0.3) is 0 Å². The molecule has 1 aliphatic heterocycles. The maximum absolute atomic E-state index is 4.69. The lowest BCUT2D eigenvalue weighted by molar-refractivity contribution is 0.0958. The number of nitrogens with zero attached hydrogens (tertiary/aromatic N) is 5. The van der Waals surface area contributed by atoms with E-state index in [0.717, 1.165) is 48.4 Å². The molecular formula is C21H35IN6. The molecule has 0 amide bonds. The molecule has 2 heterocycles. The Kier molecular flexibility index (Phi) is 7.42. The molecule has 6 nitrogen and oxygen atoms in total. The Labute approximate surface area is 186 Å². The van der Waals surface area contributed by atoms with Gasteiger partial charge in [0.2, 0.25) is 0 Å². The Bertz CT molecular complexity index is 671. The number of hydrogen-bond donors (Lipinski definition) is 1. The van der Waals surface area contributed by atoms with Crippen LogP contribution in [0.3, 0.4) is 0 Å². The second-order valence-electron chi connectivity index (χ2n) is 8.55. The summed E-state index contributed by atoms with van der Waals surface area (Å²) >= 11 is 0. The van der Waals surface area contributed by atoms with Gasteiger partial charge in [0.15, 0.2) is 5.96 Å². The molecule has 3 atom stereocenters. The van der Waals surface area contributed by atoms with Crippen molar-refractivity contribution >= 4 is 35.8 Å². The van der Waals surface area contributed by atoms with Crippen LogP contribution in [0.4, 0.5) is 5.82 Å². The second kappa shape index (κ2) is 9.61. The lowest BCUT2D eigenvalue weighted by Gasteiger charge is -2.41. The van der Waals surface area contributed by atoms with Crippen LogP contribution >= 0.6 is 24.0 Å². The van der Waals surface area contributed by atoms with Gasteiger partial charge in [0.05, 0.1) is 12.2 Å². The Hall–Kier alpha value is -1.09. The van der Waals surface area contributed by atoms with Gasteiger partial charge in [-0.3, -0.25) is 9.89 Å². The third-order valence-corrected chi connectivity index (χ3v) is 6.67. The van der Waals surface area contributed by atoms with Gasteiger partial charge < -0.3 is 15.1 Å². The Morgan fingerprint density at radius 3 is 2.57 bits per heavy atom. The molecule has 0 spiro atoms. The number of nitrogens with one attached hydrogen (secondary N) is 1. The molecule has 7 heteroatoms. The number of piperazine rings is 1. The van der Waals surface area contributed by atoms with Crippen LogP contribution < -0.4 is 10.2 Å². The number of aliphatic imine (C=N–C) groups is 1. The fourth-order valence-electron chi connectivity index (χ4n) is 5.24. The zero-order chi connectivity index (χ0) is 18.8. The summed E-state index contributed by atoms with van der Waals surface area (Å²) in [5.41, 5.74) is 1.04. The van der Waals surface area contributed by atoms with Crippen LogP contribution in [0.5, 0.6) is 0 Å². The van der Waals surface area contributed by atoms with Crippen molar-refractivity contribution in [1.29, 1.82) is 0 Å². The lowest BCUT2D eigenvalue weighted by atomic mass is 9.93. The number of halogens is 1. The summed E-state index contributed by atoms with van der Waals surface area (Å²) in [6, 6.07) is 7.03. The minimum atomic E-state index is 0. The van der Waals surface area contributed by atoms with Crippen LogP contribution in [-0.4, -0.2) is 74.1 Å². The molecule has 1 saturated heterocycles. The van der Waals surface area contributed by atoms with Gasteiger partial charge >= 0.3 is 0 Å². The van der Waals surface area contributed by atoms with E-state index >= 15 is 0 Å². The monoisotopic (exact) mass is 498 g/mol. The van der Waals surface area contributed by atoms with Crippen molar-refractivity contribution in [2.45, 2.75) is 38.3 Å². The van der Waals surface area contributed by atoms with Crippen molar-refractivity contribution in [1.82, 2.24) is 20.1 Å². The number of guanidine groups is 1. The van der Waals surface area contributed by atoms with Gasteiger partial charge in [-0.25, -0.2) is 4.98 Å². The lowest BCUT2D eigenvalue weighted by Crippen LogP contribution is -2.55. The summed E-state index contributed by atoms with van der Waals surface area (Å²) in [5.74, 6) is 4.00. The quantitative estimate of drug-likeness (QED) is 0.393. The third-order valence-electron chi connectivity index (χ3n) is 6.67. The van der Waals surface area contributed by atoms with E-state index in [0.29, 0.717) is 6.54 Å².